The van der Waals surface area contributed by atoms with Crippen molar-refractivity contribution in [3.8, 4) is 28.7 Å². The molecule has 0 unspecified atom stereocenters. The molecule has 0 atom stereocenters. The van der Waals surface area contributed by atoms with Crippen molar-refractivity contribution in [2.45, 2.75) is 25.9 Å². The van der Waals surface area contributed by atoms with Gasteiger partial charge in [0.2, 0.25) is 5.13 Å². The molecular weight excluding hydrogens is 536 g/mol. The summed E-state index contributed by atoms with van der Waals surface area (Å²) in [6.07, 6.45) is 4.08. The summed E-state index contributed by atoms with van der Waals surface area (Å²) in [5.41, 5.74) is 3.27. The number of rotatable bonds is 13. The maximum atomic E-state index is 13.6. The average Bonchev–Trinajstić information content (AvgIpc) is 3.69. The molecule has 2 heterocycles. The van der Waals surface area contributed by atoms with Gasteiger partial charge >= 0.3 is 0 Å². The number of benzene rings is 1. The van der Waals surface area contributed by atoms with E-state index in [-0.39, 0.29) is 19.0 Å². The van der Waals surface area contributed by atoms with Gasteiger partial charge in [0.05, 0.1) is 33.2 Å². The summed E-state index contributed by atoms with van der Waals surface area (Å²) in [7, 11) is 5.28. The van der Waals surface area contributed by atoms with Crippen LogP contribution in [0.4, 0.5) is 19.6 Å². The molecule has 9 nitrogen and oxygen atoms in total. The number of ether oxygens (including phenoxy) is 2. The molecule has 3 aromatic rings. The number of halogens is 2. The fourth-order valence-corrected chi connectivity index (χ4v) is 4.45. The zero-order valence-electron chi connectivity index (χ0n) is 22.6. The summed E-state index contributed by atoms with van der Waals surface area (Å²) in [5.74, 6) is 7.08. The van der Waals surface area contributed by atoms with Crippen LogP contribution in [0.1, 0.15) is 35.5 Å². The molecule has 40 heavy (non-hydrogen) atoms. The molecule has 4 rings (SSSR count). The number of pyridine rings is 1. The molecule has 0 spiro atoms. The van der Waals surface area contributed by atoms with E-state index < -0.39 is 6.43 Å². The number of methoxy groups -OCH3 is 1. The molecule has 0 aliphatic heterocycles. The van der Waals surface area contributed by atoms with Gasteiger partial charge in [0.25, 0.3) is 6.43 Å². The van der Waals surface area contributed by atoms with Crippen LogP contribution in [-0.2, 0) is 11.3 Å². The first-order chi connectivity index (χ1) is 19.4. The van der Waals surface area contributed by atoms with E-state index in [2.05, 4.69) is 32.3 Å². The molecule has 0 saturated heterocycles. The third-order valence-corrected chi connectivity index (χ3v) is 6.91. The number of hydrogen-bond donors (Lipinski definition) is 3. The van der Waals surface area contributed by atoms with E-state index in [0.29, 0.717) is 39.5 Å². The molecule has 1 aromatic carbocycles. The summed E-state index contributed by atoms with van der Waals surface area (Å²) < 4.78 is 38.5. The highest BCUT2D eigenvalue weighted by molar-refractivity contribution is 7.15. The van der Waals surface area contributed by atoms with Crippen LogP contribution >= 0.6 is 11.3 Å². The number of nitrogens with two attached hydrogens (primary N) is 1. The van der Waals surface area contributed by atoms with Gasteiger partial charge in [0, 0.05) is 42.5 Å². The second kappa shape index (κ2) is 13.9. The van der Waals surface area contributed by atoms with E-state index in [1.54, 1.807) is 0 Å². The number of quaternary nitrogens is 1. The molecule has 0 radical (unpaired) electrons. The lowest BCUT2D eigenvalue weighted by atomic mass is 9.98. The second-order valence-electron chi connectivity index (χ2n) is 9.15. The van der Waals surface area contributed by atoms with Crippen LogP contribution in [-0.4, -0.2) is 55.9 Å². The molecule has 1 aliphatic carbocycles. The largest absolute Gasteiger partial charge is 0.494 e. The Morgan fingerprint density at radius 1 is 1.30 bits per heavy atom. The summed E-state index contributed by atoms with van der Waals surface area (Å²) >= 11 is 1.36. The third kappa shape index (κ3) is 7.81. The van der Waals surface area contributed by atoms with Gasteiger partial charge in [-0.3, -0.25) is 4.98 Å². The number of nitrogens with zero attached hydrogens (tertiary/aromatic N) is 4. The number of aromatic nitrogens is 3. The van der Waals surface area contributed by atoms with Crippen molar-refractivity contribution in [1.29, 1.82) is 5.41 Å². The summed E-state index contributed by atoms with van der Waals surface area (Å²) in [6.45, 7) is 0.867. The van der Waals surface area contributed by atoms with Crippen LogP contribution in [0.25, 0.3) is 11.1 Å². The van der Waals surface area contributed by atoms with Crippen molar-refractivity contribution < 1.29 is 23.6 Å². The van der Waals surface area contributed by atoms with Crippen LogP contribution in [0.5, 0.6) is 5.75 Å². The zero-order chi connectivity index (χ0) is 28.5. The van der Waals surface area contributed by atoms with Crippen molar-refractivity contribution in [2.24, 2.45) is 5.92 Å². The van der Waals surface area contributed by atoms with Gasteiger partial charge < -0.3 is 30.4 Å². The Kier molecular flexibility index (Phi) is 10.1. The Labute approximate surface area is 236 Å². The Balaban J connectivity index is 1.55. The molecule has 1 saturated carbocycles. The maximum Gasteiger partial charge on any atom is 0.280 e. The van der Waals surface area contributed by atoms with E-state index in [4.69, 9.17) is 14.9 Å². The van der Waals surface area contributed by atoms with Gasteiger partial charge in [-0.25, -0.2) is 8.78 Å². The Hall–Kier alpha value is -3.92. The molecule has 210 valence electrons. The van der Waals surface area contributed by atoms with E-state index in [0.717, 1.165) is 29.7 Å². The average molecular weight is 569 g/mol. The quantitative estimate of drug-likeness (QED) is 0.123. The van der Waals surface area contributed by atoms with Crippen LogP contribution < -0.4 is 20.3 Å². The monoisotopic (exact) mass is 568 g/mol. The lowest BCUT2D eigenvalue weighted by Gasteiger charge is -2.22. The third-order valence-electron chi connectivity index (χ3n) is 6.11. The first-order valence-corrected chi connectivity index (χ1v) is 13.6. The zero-order valence-corrected chi connectivity index (χ0v) is 23.4. The van der Waals surface area contributed by atoms with E-state index >= 15 is 0 Å². The SMILES string of the molecule is C[NH2+]/C=C(\C=N)CN(C)c1ccc(COCNc2nnc(C#CC3CC3)s2)c(-c2cc(C(F)F)ncc2OC)c1. The molecule has 1 fully saturated rings. The molecule has 12 heteroatoms. The van der Waals surface area contributed by atoms with Crippen molar-refractivity contribution >= 4 is 28.4 Å². The highest BCUT2D eigenvalue weighted by Crippen LogP contribution is 2.37. The van der Waals surface area contributed by atoms with E-state index in [9.17, 15) is 8.78 Å². The van der Waals surface area contributed by atoms with Crippen LogP contribution in [0, 0.1) is 23.2 Å². The maximum absolute atomic E-state index is 13.6. The minimum absolute atomic E-state index is 0.169. The van der Waals surface area contributed by atoms with Gasteiger partial charge in [-0.15, -0.1) is 10.2 Å². The van der Waals surface area contributed by atoms with Gasteiger partial charge in [-0.2, -0.15) is 0 Å². The number of likely N-dealkylation sites (N-methyl/N-ethyl adjacent to an activating group) is 1. The highest BCUT2D eigenvalue weighted by Gasteiger charge is 2.19. The lowest BCUT2D eigenvalue weighted by molar-refractivity contribution is -0.557. The number of nitrogens with one attached hydrogen (secondary N) is 2. The number of anilines is 2. The fourth-order valence-electron chi connectivity index (χ4n) is 3.87. The summed E-state index contributed by atoms with van der Waals surface area (Å²) in [5, 5.41) is 22.1. The molecule has 0 amide bonds. The minimum atomic E-state index is -2.73. The predicted octanol–water partition coefficient (Wildman–Crippen LogP) is 4.06. The smallest absolute Gasteiger partial charge is 0.280 e. The minimum Gasteiger partial charge on any atom is -0.494 e. The van der Waals surface area contributed by atoms with Gasteiger partial charge in [-0.1, -0.05) is 23.3 Å². The Morgan fingerprint density at radius 3 is 2.83 bits per heavy atom. The fraction of sp³-hybridized carbons (Fsp3) is 0.357. The summed E-state index contributed by atoms with van der Waals surface area (Å²) in [4.78, 5) is 5.83. The second-order valence-corrected chi connectivity index (χ2v) is 10.1. The van der Waals surface area contributed by atoms with Crippen molar-refractivity contribution in [3.63, 3.8) is 0 Å². The van der Waals surface area contributed by atoms with Crippen molar-refractivity contribution in [3.05, 3.63) is 58.5 Å². The molecule has 1 aliphatic rings. The predicted molar refractivity (Wildman–Crippen MR) is 152 cm³/mol. The highest BCUT2D eigenvalue weighted by atomic mass is 32.1. The van der Waals surface area contributed by atoms with Gasteiger partial charge in [0.15, 0.2) is 5.01 Å². The van der Waals surface area contributed by atoms with Crippen LogP contribution in [0.2, 0.25) is 0 Å². The van der Waals surface area contributed by atoms with Gasteiger partial charge in [-0.05, 0) is 48.1 Å². The topological polar surface area (TPSA) is 113 Å². The van der Waals surface area contributed by atoms with E-state index in [1.165, 1.54) is 36.9 Å². The first kappa shape index (κ1) is 29.1. The Morgan fingerprint density at radius 2 is 2.12 bits per heavy atom. The number of hydrogen-bond acceptors (Lipinski definition) is 9. The molecule has 4 N–H and O–H groups in total. The number of alkyl halides is 2. The van der Waals surface area contributed by atoms with Crippen molar-refractivity contribution in [2.75, 3.05) is 44.7 Å². The molecular formula is C28H32F2N7O2S+. The first-order valence-electron chi connectivity index (χ1n) is 12.7. The standard InChI is InChI=1S/C28H31F2N7O2S/c1-32-13-19(12-31)15-37(2)21-8-7-20(22(10-21)23-11-24(27(29)30)33-14-25(23)38-3)16-39-17-34-28-36-35-26(40-28)9-6-18-4-5-18/h7-8,10-14,18,27,31-32H,4-5,15-17H2,1-3H3,(H,34,36)/p+1/b19-13+,31-12?. The van der Waals surface area contributed by atoms with Gasteiger partial charge in [0.1, 0.15) is 18.2 Å². The van der Waals surface area contributed by atoms with Crippen LogP contribution in [0.15, 0.2) is 42.2 Å². The summed E-state index contributed by atoms with van der Waals surface area (Å²) in [6, 6.07) is 7.10. The Bertz CT molecular complexity index is 1410. The van der Waals surface area contributed by atoms with E-state index in [1.807, 2.05) is 48.7 Å². The molecule has 2 aromatic heterocycles. The van der Waals surface area contributed by atoms with Crippen LogP contribution in [0.3, 0.4) is 0 Å². The lowest BCUT2D eigenvalue weighted by Crippen LogP contribution is -2.73. The normalized spacial score (nSPS) is 13.1. The molecule has 0 bridgehead atoms. The van der Waals surface area contributed by atoms with Crippen molar-refractivity contribution in [1.82, 2.24) is 15.2 Å².